The number of hydrogen-bond acceptors (Lipinski definition) is 11. The smallest absolute Gasteiger partial charge is 0.273 e. The number of carbonyl (C=O) groups excluding carboxylic acids is 1. The van der Waals surface area contributed by atoms with E-state index in [-0.39, 0.29) is 28.8 Å². The molecule has 3 aromatic rings. The quantitative estimate of drug-likeness (QED) is 0.262. The minimum atomic E-state index is -0.751. The van der Waals surface area contributed by atoms with Gasteiger partial charge in [-0.2, -0.15) is 4.98 Å². The zero-order valence-electron chi connectivity index (χ0n) is 24.8. The minimum absolute atomic E-state index is 0.0442. The van der Waals surface area contributed by atoms with Gasteiger partial charge >= 0.3 is 0 Å². The van der Waals surface area contributed by atoms with E-state index in [0.29, 0.717) is 29.6 Å². The molecule has 1 aromatic heterocycles. The molecule has 2 aromatic carbocycles. The number of likely N-dealkylation sites (N-methyl/N-ethyl adjacent to an activating group) is 1. The van der Waals surface area contributed by atoms with Crippen LogP contribution >= 0.6 is 0 Å². The van der Waals surface area contributed by atoms with Gasteiger partial charge in [-0.05, 0) is 44.5 Å². The zero-order chi connectivity index (χ0) is 30.5. The molecule has 0 unspecified atom stereocenters. The van der Waals surface area contributed by atoms with Gasteiger partial charge in [-0.25, -0.2) is 4.98 Å². The van der Waals surface area contributed by atoms with Gasteiger partial charge in [0.25, 0.3) is 11.6 Å². The Morgan fingerprint density at radius 2 is 1.84 bits per heavy atom. The number of methoxy groups -OCH3 is 1. The molecule has 3 heterocycles. The number of hydrogen-bond donors (Lipinski definition) is 2. The van der Waals surface area contributed by atoms with Crippen LogP contribution in [-0.4, -0.2) is 90.1 Å². The summed E-state index contributed by atoms with van der Waals surface area (Å²) in [6, 6.07) is 12.1. The van der Waals surface area contributed by atoms with E-state index in [0.717, 1.165) is 57.8 Å². The van der Waals surface area contributed by atoms with Crippen molar-refractivity contribution in [1.82, 2.24) is 19.8 Å². The predicted molar refractivity (Wildman–Crippen MR) is 164 cm³/mol. The van der Waals surface area contributed by atoms with Crippen LogP contribution in [0, 0.1) is 10.1 Å². The van der Waals surface area contributed by atoms with Gasteiger partial charge in [-0.15, -0.1) is 0 Å². The maximum atomic E-state index is 12.3. The number of benzene rings is 2. The fourth-order valence-corrected chi connectivity index (χ4v) is 5.61. The monoisotopic (exact) mass is 590 g/mol. The number of nitro groups is 1. The average molecular weight is 591 g/mol. The van der Waals surface area contributed by atoms with Gasteiger partial charge in [0.05, 0.1) is 23.8 Å². The van der Waals surface area contributed by atoms with Crippen LogP contribution in [0.5, 0.6) is 17.4 Å². The Hall–Kier alpha value is -4.49. The van der Waals surface area contributed by atoms with E-state index in [1.807, 2.05) is 25.1 Å². The molecule has 0 atom stereocenters. The summed E-state index contributed by atoms with van der Waals surface area (Å²) < 4.78 is 11.7. The Bertz CT molecular complexity index is 1470. The van der Waals surface area contributed by atoms with Gasteiger partial charge in [0.1, 0.15) is 17.2 Å². The van der Waals surface area contributed by atoms with Crippen LogP contribution in [0.15, 0.2) is 42.5 Å². The van der Waals surface area contributed by atoms with Gasteiger partial charge in [-0.1, -0.05) is 13.0 Å². The highest BCUT2D eigenvalue weighted by molar-refractivity contribution is 5.96. The summed E-state index contributed by atoms with van der Waals surface area (Å²) in [5, 5.41) is 14.4. The second-order valence-electron chi connectivity index (χ2n) is 10.8. The molecule has 43 heavy (non-hydrogen) atoms. The molecule has 13 heteroatoms. The van der Waals surface area contributed by atoms with Crippen molar-refractivity contribution < 1.29 is 19.2 Å². The molecule has 0 saturated carbocycles. The first-order valence-corrected chi connectivity index (χ1v) is 14.5. The summed E-state index contributed by atoms with van der Waals surface area (Å²) in [5.41, 5.74) is 7.51. The summed E-state index contributed by atoms with van der Waals surface area (Å²) in [6.45, 7) is 8.20. The van der Waals surface area contributed by atoms with Crippen molar-refractivity contribution in [3.8, 4) is 17.4 Å². The molecule has 2 fully saturated rings. The number of aromatic nitrogens is 2. The number of non-ortho nitro benzene ring substituents is 1. The van der Waals surface area contributed by atoms with Crippen molar-refractivity contribution in [2.75, 3.05) is 63.6 Å². The summed E-state index contributed by atoms with van der Waals surface area (Å²) in [4.78, 5) is 39.4. The van der Waals surface area contributed by atoms with E-state index in [1.165, 1.54) is 18.2 Å². The predicted octanol–water partition coefficient (Wildman–Crippen LogP) is 3.81. The van der Waals surface area contributed by atoms with E-state index >= 15 is 0 Å². The fourth-order valence-electron chi connectivity index (χ4n) is 5.61. The van der Waals surface area contributed by atoms with Crippen molar-refractivity contribution >= 4 is 28.8 Å². The maximum absolute atomic E-state index is 12.3. The highest BCUT2D eigenvalue weighted by Crippen LogP contribution is 2.36. The third-order valence-electron chi connectivity index (χ3n) is 8.04. The second kappa shape index (κ2) is 13.2. The Morgan fingerprint density at radius 1 is 1.09 bits per heavy atom. The lowest BCUT2D eigenvalue weighted by Crippen LogP contribution is -2.52. The van der Waals surface area contributed by atoms with Gasteiger partial charge < -0.3 is 30.3 Å². The number of rotatable bonds is 10. The van der Waals surface area contributed by atoms with Gasteiger partial charge in [0.15, 0.2) is 11.5 Å². The Kier molecular flexibility index (Phi) is 9.22. The Balaban J connectivity index is 1.35. The number of ether oxygens (including phenoxy) is 2. The molecule has 13 nitrogen and oxygen atoms in total. The fraction of sp³-hybridized carbons (Fsp3) is 0.433. The third-order valence-corrected chi connectivity index (χ3v) is 8.04. The first-order chi connectivity index (χ1) is 20.7. The minimum Gasteiger partial charge on any atom is -0.495 e. The number of anilines is 3. The number of aryl methyl sites for hydroxylation is 1. The lowest BCUT2D eigenvalue weighted by atomic mass is 10.0. The normalized spacial score (nSPS) is 16.6. The molecule has 228 valence electrons. The molecule has 5 rings (SSSR count). The Labute approximate surface area is 250 Å². The van der Waals surface area contributed by atoms with Crippen molar-refractivity contribution in [3.63, 3.8) is 0 Å². The van der Waals surface area contributed by atoms with E-state index in [4.69, 9.17) is 15.2 Å². The average Bonchev–Trinajstić information content (AvgIpc) is 3.01. The number of piperidine rings is 1. The number of nitro benzene ring substituents is 1. The molecule has 3 N–H and O–H groups in total. The van der Waals surface area contributed by atoms with Gasteiger partial charge in [-0.3, -0.25) is 19.8 Å². The van der Waals surface area contributed by atoms with Crippen molar-refractivity contribution in [2.45, 2.75) is 32.2 Å². The molecule has 0 spiro atoms. The highest BCUT2D eigenvalue weighted by Gasteiger charge is 2.28. The first kappa shape index (κ1) is 30.0. The molecule has 0 bridgehead atoms. The summed E-state index contributed by atoms with van der Waals surface area (Å²) >= 11 is 0. The summed E-state index contributed by atoms with van der Waals surface area (Å²) in [7, 11) is 3.81. The van der Waals surface area contributed by atoms with E-state index in [9.17, 15) is 14.9 Å². The van der Waals surface area contributed by atoms with E-state index in [1.54, 1.807) is 13.2 Å². The molecular formula is C30H38N8O5. The van der Waals surface area contributed by atoms with Gasteiger partial charge in [0, 0.05) is 63.1 Å². The van der Waals surface area contributed by atoms with Crippen molar-refractivity contribution in [3.05, 3.63) is 64.0 Å². The van der Waals surface area contributed by atoms with Crippen LogP contribution in [0.3, 0.4) is 0 Å². The first-order valence-electron chi connectivity index (χ1n) is 14.5. The van der Waals surface area contributed by atoms with Gasteiger partial charge in [0.2, 0.25) is 5.88 Å². The topological polar surface area (TPSA) is 152 Å². The summed E-state index contributed by atoms with van der Waals surface area (Å²) in [6.07, 6.45) is 2.59. The second-order valence-corrected chi connectivity index (χ2v) is 10.8. The molecule has 1 amide bonds. The molecule has 0 radical (unpaired) electrons. The molecule has 2 aliphatic heterocycles. The zero-order valence-corrected chi connectivity index (χ0v) is 24.8. The number of nitrogens with one attached hydrogen (secondary N) is 1. The highest BCUT2D eigenvalue weighted by atomic mass is 16.6. The molecule has 0 aliphatic carbocycles. The van der Waals surface area contributed by atoms with Crippen LogP contribution in [-0.2, 0) is 6.42 Å². The Morgan fingerprint density at radius 3 is 2.49 bits per heavy atom. The number of carbonyl (C=O) groups is 1. The number of amides is 1. The van der Waals surface area contributed by atoms with Crippen molar-refractivity contribution in [2.24, 2.45) is 5.73 Å². The van der Waals surface area contributed by atoms with Crippen molar-refractivity contribution in [1.29, 1.82) is 0 Å². The molecule has 2 saturated heterocycles. The van der Waals surface area contributed by atoms with E-state index < -0.39 is 10.8 Å². The maximum Gasteiger partial charge on any atom is 0.273 e. The van der Waals surface area contributed by atoms with Crippen LogP contribution in [0.25, 0.3) is 0 Å². The van der Waals surface area contributed by atoms with Crippen LogP contribution < -0.4 is 25.4 Å². The number of piperazine rings is 1. The van der Waals surface area contributed by atoms with Crippen LogP contribution in [0.1, 0.15) is 35.9 Å². The van der Waals surface area contributed by atoms with Crippen LogP contribution in [0.4, 0.5) is 22.9 Å². The van der Waals surface area contributed by atoms with E-state index in [2.05, 4.69) is 37.0 Å². The molecule has 2 aliphatic rings. The lowest BCUT2D eigenvalue weighted by Gasteiger charge is -2.42. The van der Waals surface area contributed by atoms with Crippen LogP contribution in [0.2, 0.25) is 0 Å². The number of nitrogens with zero attached hydrogens (tertiary/aromatic N) is 6. The number of nitrogens with two attached hydrogens (primary N) is 1. The lowest BCUT2D eigenvalue weighted by molar-refractivity contribution is -0.384. The standard InChI is InChI=1S/C30H38N8O5/c1-4-24-30(43-23-7-5-6-22(19-23)38(40)41)34-29(27(33-24)28(31)39)32-20-8-9-25(26(18-20)42-3)37-12-10-21(11-13-37)36-16-14-35(2)15-17-36/h5-9,18-19,21H,4,10-17H2,1-3H3,(H2,31,39)(H,32,34). The molecular weight excluding hydrogens is 552 g/mol. The third kappa shape index (κ3) is 6.95. The largest absolute Gasteiger partial charge is 0.495 e. The summed E-state index contributed by atoms with van der Waals surface area (Å²) in [5.74, 6) is 0.377. The SMILES string of the molecule is CCc1nc(C(N)=O)c(Nc2ccc(N3CCC(N4CCN(C)CC4)CC3)c(OC)c2)nc1Oc1cccc([N+](=O)[O-])c1. The number of primary amides is 1.